The summed E-state index contributed by atoms with van der Waals surface area (Å²) in [6, 6.07) is 12.9. The molecule has 1 aliphatic heterocycles. The lowest BCUT2D eigenvalue weighted by Gasteiger charge is -2.36. The average molecular weight is 396 g/mol. The van der Waals surface area contributed by atoms with Gasteiger partial charge in [-0.3, -0.25) is 14.9 Å². The van der Waals surface area contributed by atoms with Crippen LogP contribution in [0.2, 0.25) is 0 Å². The summed E-state index contributed by atoms with van der Waals surface area (Å²) in [6.07, 6.45) is 2.05. The first-order valence-electron chi connectivity index (χ1n) is 9.78. The number of hydrogen-bond acceptors (Lipinski definition) is 6. The molecule has 2 aliphatic rings. The van der Waals surface area contributed by atoms with Crippen molar-refractivity contribution >= 4 is 23.0 Å². The second-order valence-corrected chi connectivity index (χ2v) is 7.39. The number of nitro benzene ring substituents is 1. The minimum absolute atomic E-state index is 0.0437. The molecule has 29 heavy (non-hydrogen) atoms. The summed E-state index contributed by atoms with van der Waals surface area (Å²) in [4.78, 5) is 27.9. The van der Waals surface area contributed by atoms with Gasteiger partial charge in [-0.1, -0.05) is 6.07 Å². The second-order valence-electron chi connectivity index (χ2n) is 7.39. The number of nitrogens with zero attached hydrogens (tertiary/aromatic N) is 3. The molecular weight excluding hydrogens is 372 g/mol. The van der Waals surface area contributed by atoms with Gasteiger partial charge in [0.2, 0.25) is 0 Å². The third-order valence-electron chi connectivity index (χ3n) is 5.36. The van der Waals surface area contributed by atoms with Crippen LogP contribution >= 0.6 is 0 Å². The van der Waals surface area contributed by atoms with E-state index in [1.54, 1.807) is 24.1 Å². The van der Waals surface area contributed by atoms with E-state index in [-0.39, 0.29) is 11.6 Å². The number of hydrogen-bond donors (Lipinski definition) is 1. The van der Waals surface area contributed by atoms with Gasteiger partial charge in [0.05, 0.1) is 12.0 Å². The topological polar surface area (TPSA) is 88.0 Å². The highest BCUT2D eigenvalue weighted by Crippen LogP contribution is 2.32. The summed E-state index contributed by atoms with van der Waals surface area (Å²) in [5.41, 5.74) is 1.85. The second kappa shape index (κ2) is 7.98. The maximum Gasteiger partial charge on any atom is 0.293 e. The highest BCUT2D eigenvalue weighted by molar-refractivity contribution is 5.96. The lowest BCUT2D eigenvalue weighted by atomic mass is 10.1. The van der Waals surface area contributed by atoms with Gasteiger partial charge >= 0.3 is 0 Å². The lowest BCUT2D eigenvalue weighted by molar-refractivity contribution is -0.384. The van der Waals surface area contributed by atoms with E-state index in [0.717, 1.165) is 24.3 Å². The molecule has 4 rings (SSSR count). The number of ether oxygens (including phenoxy) is 1. The average Bonchev–Trinajstić information content (AvgIpc) is 3.57. The van der Waals surface area contributed by atoms with E-state index in [2.05, 4.69) is 10.2 Å². The van der Waals surface area contributed by atoms with Gasteiger partial charge in [-0.2, -0.15) is 0 Å². The molecule has 1 N–H and O–H groups in total. The Bertz CT molecular complexity index is 921. The van der Waals surface area contributed by atoms with E-state index < -0.39 is 4.92 Å². The minimum Gasteiger partial charge on any atom is -0.497 e. The largest absolute Gasteiger partial charge is 0.497 e. The molecular formula is C21H24N4O4. The summed E-state index contributed by atoms with van der Waals surface area (Å²) >= 11 is 0. The summed E-state index contributed by atoms with van der Waals surface area (Å²) in [6.45, 7) is 2.52. The van der Waals surface area contributed by atoms with Crippen LogP contribution in [-0.4, -0.2) is 55.1 Å². The van der Waals surface area contributed by atoms with E-state index in [9.17, 15) is 14.9 Å². The number of rotatable bonds is 6. The molecule has 152 valence electrons. The predicted octanol–water partition coefficient (Wildman–Crippen LogP) is 3.14. The standard InChI is InChI=1S/C21H24N4O4/c1-29-18-4-2-3-17(14-18)23-9-11-24(12-10-23)21(26)15-5-8-19(22-16-6-7-16)20(13-15)25(27)28/h2-5,8,13-14,16,22H,6-7,9-12H2,1H3. The molecule has 1 aliphatic carbocycles. The van der Waals surface area contributed by atoms with E-state index in [4.69, 9.17) is 4.74 Å². The van der Waals surface area contributed by atoms with Crippen molar-refractivity contribution in [1.82, 2.24) is 4.90 Å². The molecule has 1 amide bonds. The highest BCUT2D eigenvalue weighted by Gasteiger charge is 2.27. The molecule has 0 bridgehead atoms. The van der Waals surface area contributed by atoms with Crippen LogP contribution in [0.15, 0.2) is 42.5 Å². The van der Waals surface area contributed by atoms with E-state index in [0.29, 0.717) is 43.5 Å². The molecule has 0 spiro atoms. The molecule has 0 atom stereocenters. The lowest BCUT2D eigenvalue weighted by Crippen LogP contribution is -2.48. The van der Waals surface area contributed by atoms with Gasteiger partial charge in [0, 0.05) is 55.6 Å². The molecule has 0 unspecified atom stereocenters. The van der Waals surface area contributed by atoms with Crippen LogP contribution in [0.25, 0.3) is 0 Å². The Morgan fingerprint density at radius 3 is 2.55 bits per heavy atom. The maximum absolute atomic E-state index is 12.9. The third kappa shape index (κ3) is 4.26. The van der Waals surface area contributed by atoms with Crippen LogP contribution in [0.3, 0.4) is 0 Å². The molecule has 1 saturated heterocycles. The predicted molar refractivity (Wildman–Crippen MR) is 111 cm³/mol. The summed E-state index contributed by atoms with van der Waals surface area (Å²) < 4.78 is 5.28. The van der Waals surface area contributed by atoms with Crippen molar-refractivity contribution in [2.24, 2.45) is 0 Å². The molecule has 1 saturated carbocycles. The van der Waals surface area contributed by atoms with Crippen molar-refractivity contribution in [3.05, 3.63) is 58.1 Å². The number of piperazine rings is 1. The van der Waals surface area contributed by atoms with Crippen LogP contribution in [0.5, 0.6) is 5.75 Å². The van der Waals surface area contributed by atoms with Crippen molar-refractivity contribution in [2.75, 3.05) is 43.5 Å². The fourth-order valence-electron chi connectivity index (χ4n) is 3.54. The Labute approximate surface area is 169 Å². The number of methoxy groups -OCH3 is 1. The first kappa shape index (κ1) is 19.0. The van der Waals surface area contributed by atoms with Gasteiger partial charge in [0.25, 0.3) is 11.6 Å². The smallest absolute Gasteiger partial charge is 0.293 e. The van der Waals surface area contributed by atoms with E-state index in [1.807, 2.05) is 24.3 Å². The monoisotopic (exact) mass is 396 g/mol. The number of benzene rings is 2. The summed E-state index contributed by atoms with van der Waals surface area (Å²) in [7, 11) is 1.64. The van der Waals surface area contributed by atoms with Crippen LogP contribution < -0.4 is 15.0 Å². The summed E-state index contributed by atoms with van der Waals surface area (Å²) in [5, 5.41) is 14.6. The quantitative estimate of drug-likeness (QED) is 0.596. The van der Waals surface area contributed by atoms with Crippen LogP contribution in [-0.2, 0) is 0 Å². The number of amides is 1. The van der Waals surface area contributed by atoms with Gasteiger partial charge in [-0.05, 0) is 37.1 Å². The van der Waals surface area contributed by atoms with Crippen molar-refractivity contribution < 1.29 is 14.5 Å². The Hall–Kier alpha value is -3.29. The van der Waals surface area contributed by atoms with Gasteiger partial charge in [0.1, 0.15) is 11.4 Å². The molecule has 8 heteroatoms. The Balaban J connectivity index is 1.43. The fourth-order valence-corrected chi connectivity index (χ4v) is 3.54. The Kier molecular flexibility index (Phi) is 5.24. The molecule has 0 radical (unpaired) electrons. The zero-order chi connectivity index (χ0) is 20.4. The van der Waals surface area contributed by atoms with E-state index in [1.165, 1.54) is 6.07 Å². The van der Waals surface area contributed by atoms with Crippen molar-refractivity contribution in [3.63, 3.8) is 0 Å². The maximum atomic E-state index is 12.9. The molecule has 2 aromatic carbocycles. The zero-order valence-electron chi connectivity index (χ0n) is 16.3. The number of nitro groups is 1. The van der Waals surface area contributed by atoms with Gasteiger partial charge in [0.15, 0.2) is 0 Å². The molecule has 0 aromatic heterocycles. The normalized spacial score (nSPS) is 16.4. The van der Waals surface area contributed by atoms with Gasteiger partial charge in [-0.25, -0.2) is 0 Å². The first-order valence-corrected chi connectivity index (χ1v) is 9.78. The number of nitrogens with one attached hydrogen (secondary N) is 1. The molecule has 2 aromatic rings. The first-order chi connectivity index (χ1) is 14.0. The Morgan fingerprint density at radius 1 is 1.14 bits per heavy atom. The van der Waals surface area contributed by atoms with Crippen LogP contribution in [0, 0.1) is 10.1 Å². The zero-order valence-corrected chi connectivity index (χ0v) is 16.3. The highest BCUT2D eigenvalue weighted by atomic mass is 16.6. The van der Waals surface area contributed by atoms with Crippen molar-refractivity contribution in [1.29, 1.82) is 0 Å². The van der Waals surface area contributed by atoms with Crippen molar-refractivity contribution in [3.8, 4) is 5.75 Å². The van der Waals surface area contributed by atoms with E-state index >= 15 is 0 Å². The third-order valence-corrected chi connectivity index (χ3v) is 5.36. The van der Waals surface area contributed by atoms with Crippen molar-refractivity contribution in [2.45, 2.75) is 18.9 Å². The minimum atomic E-state index is -0.428. The number of carbonyl (C=O) groups is 1. The number of carbonyl (C=O) groups excluding carboxylic acids is 1. The summed E-state index contributed by atoms with van der Waals surface area (Å²) in [5.74, 6) is 0.629. The molecule has 8 nitrogen and oxygen atoms in total. The van der Waals surface area contributed by atoms with Crippen LogP contribution in [0.1, 0.15) is 23.2 Å². The van der Waals surface area contributed by atoms with Gasteiger partial charge in [-0.15, -0.1) is 0 Å². The van der Waals surface area contributed by atoms with Crippen LogP contribution in [0.4, 0.5) is 17.1 Å². The molecule has 1 heterocycles. The number of anilines is 2. The molecule has 2 fully saturated rings. The SMILES string of the molecule is COc1cccc(N2CCN(C(=O)c3ccc(NC4CC4)c([N+](=O)[O-])c3)CC2)c1. The fraction of sp³-hybridized carbons (Fsp3) is 0.381. The Morgan fingerprint density at radius 2 is 1.90 bits per heavy atom. The van der Waals surface area contributed by atoms with Gasteiger partial charge < -0.3 is 19.9 Å².